The molecule has 0 radical (unpaired) electrons. The first-order valence-corrected chi connectivity index (χ1v) is 9.36. The Morgan fingerprint density at radius 2 is 2.00 bits per heavy atom. The lowest BCUT2D eigenvalue weighted by atomic mass is 9.93. The Morgan fingerprint density at radius 1 is 1.26 bits per heavy atom. The van der Waals surface area contributed by atoms with Crippen molar-refractivity contribution < 1.29 is 4.79 Å². The molecular formula is C16H23N5OS. The van der Waals surface area contributed by atoms with E-state index >= 15 is 0 Å². The zero-order chi connectivity index (χ0) is 15.8. The van der Waals surface area contributed by atoms with E-state index in [0.29, 0.717) is 11.8 Å². The summed E-state index contributed by atoms with van der Waals surface area (Å²) in [5, 5.41) is 5.68. The van der Waals surface area contributed by atoms with Gasteiger partial charge in [0.25, 0.3) is 0 Å². The van der Waals surface area contributed by atoms with Crippen molar-refractivity contribution in [2.75, 3.05) is 31.1 Å². The van der Waals surface area contributed by atoms with Gasteiger partial charge in [-0.3, -0.25) is 4.79 Å². The molecule has 7 heteroatoms. The minimum atomic E-state index is 0.365. The van der Waals surface area contributed by atoms with Gasteiger partial charge in [-0.2, -0.15) is 0 Å². The lowest BCUT2D eigenvalue weighted by Crippen LogP contribution is -2.36. The molecular weight excluding hydrogens is 310 g/mol. The number of imidazole rings is 1. The second-order valence-corrected chi connectivity index (χ2v) is 7.65. The van der Waals surface area contributed by atoms with E-state index in [4.69, 9.17) is 0 Å². The van der Waals surface area contributed by atoms with Crippen molar-refractivity contribution in [3.63, 3.8) is 0 Å². The molecule has 6 nitrogen and oxygen atoms in total. The minimum Gasteiger partial charge on any atom is -0.347 e. The van der Waals surface area contributed by atoms with Gasteiger partial charge in [-0.15, -0.1) is 5.10 Å². The van der Waals surface area contributed by atoms with Crippen LogP contribution in [-0.2, 0) is 4.79 Å². The molecule has 2 aliphatic rings. The molecule has 4 rings (SSSR count). The first kappa shape index (κ1) is 14.9. The normalized spacial score (nSPS) is 19.9. The number of carbonyl (C=O) groups is 1. The number of aromatic nitrogens is 3. The van der Waals surface area contributed by atoms with Crippen LogP contribution in [0.15, 0.2) is 6.20 Å². The SMILES string of the molecule is Cc1cn2nc(N3CCC(CC(=O)N4CCCC4)CC3)sc2n1. The smallest absolute Gasteiger partial charge is 0.222 e. The van der Waals surface area contributed by atoms with E-state index in [1.165, 1.54) is 12.8 Å². The van der Waals surface area contributed by atoms with Gasteiger partial charge in [-0.05, 0) is 38.5 Å². The summed E-state index contributed by atoms with van der Waals surface area (Å²) in [5.41, 5.74) is 1.01. The number of likely N-dealkylation sites (tertiary alicyclic amines) is 1. The highest BCUT2D eigenvalue weighted by atomic mass is 32.1. The fraction of sp³-hybridized carbons (Fsp3) is 0.688. The molecule has 2 saturated heterocycles. The Morgan fingerprint density at radius 3 is 2.70 bits per heavy atom. The Balaban J connectivity index is 1.33. The van der Waals surface area contributed by atoms with E-state index in [1.807, 2.05) is 22.5 Å². The molecule has 4 heterocycles. The number of fused-ring (bicyclic) bond motifs is 1. The number of hydrogen-bond donors (Lipinski definition) is 0. The summed E-state index contributed by atoms with van der Waals surface area (Å²) in [7, 11) is 0. The summed E-state index contributed by atoms with van der Waals surface area (Å²) in [5.74, 6) is 0.898. The van der Waals surface area contributed by atoms with E-state index in [2.05, 4.69) is 15.0 Å². The third-order valence-corrected chi connectivity index (χ3v) is 5.94. The molecule has 1 amide bonds. The van der Waals surface area contributed by atoms with Crippen LogP contribution in [0.2, 0.25) is 0 Å². The predicted molar refractivity (Wildman–Crippen MR) is 91.0 cm³/mol. The molecule has 0 aliphatic carbocycles. The van der Waals surface area contributed by atoms with Crippen LogP contribution in [0.3, 0.4) is 0 Å². The third-order valence-electron chi connectivity index (χ3n) is 4.96. The van der Waals surface area contributed by atoms with Crippen LogP contribution in [-0.4, -0.2) is 51.6 Å². The van der Waals surface area contributed by atoms with Gasteiger partial charge >= 0.3 is 0 Å². The van der Waals surface area contributed by atoms with Crippen molar-refractivity contribution in [3.8, 4) is 0 Å². The highest BCUT2D eigenvalue weighted by Crippen LogP contribution is 2.29. The molecule has 0 unspecified atom stereocenters. The third kappa shape index (κ3) is 3.06. The van der Waals surface area contributed by atoms with Crippen LogP contribution in [0, 0.1) is 12.8 Å². The van der Waals surface area contributed by atoms with Crippen LogP contribution in [0.5, 0.6) is 0 Å². The molecule has 2 fully saturated rings. The van der Waals surface area contributed by atoms with Gasteiger partial charge in [0.1, 0.15) is 0 Å². The van der Waals surface area contributed by atoms with Crippen LogP contribution < -0.4 is 4.90 Å². The standard InChI is InChI=1S/C16H23N5OS/c1-12-11-21-15(17-12)23-16(18-21)20-8-4-13(5-9-20)10-14(22)19-6-2-3-7-19/h11,13H,2-10H2,1H3. The molecule has 0 aromatic carbocycles. The average molecular weight is 333 g/mol. The summed E-state index contributed by atoms with van der Waals surface area (Å²) in [6.07, 6.45) is 7.22. The van der Waals surface area contributed by atoms with E-state index in [9.17, 15) is 4.79 Å². The lowest BCUT2D eigenvalue weighted by Gasteiger charge is -2.31. The topological polar surface area (TPSA) is 53.7 Å². The molecule has 124 valence electrons. The summed E-state index contributed by atoms with van der Waals surface area (Å²) < 4.78 is 1.87. The maximum Gasteiger partial charge on any atom is 0.222 e. The second-order valence-electron chi connectivity index (χ2n) is 6.72. The molecule has 2 aromatic heterocycles. The number of carbonyl (C=O) groups excluding carboxylic acids is 1. The molecule has 2 aromatic rings. The van der Waals surface area contributed by atoms with Gasteiger partial charge in [-0.1, -0.05) is 11.3 Å². The average Bonchev–Trinajstić information content (AvgIpc) is 3.23. The van der Waals surface area contributed by atoms with Gasteiger partial charge in [0.2, 0.25) is 16.0 Å². The molecule has 0 atom stereocenters. The van der Waals surface area contributed by atoms with Crippen LogP contribution >= 0.6 is 11.3 Å². The van der Waals surface area contributed by atoms with Gasteiger partial charge in [0.15, 0.2) is 0 Å². The van der Waals surface area contributed by atoms with Crippen molar-refractivity contribution in [2.45, 2.75) is 39.0 Å². The molecule has 0 N–H and O–H groups in total. The summed E-state index contributed by atoms with van der Waals surface area (Å²) in [4.78, 5) is 22.1. The van der Waals surface area contributed by atoms with Crippen molar-refractivity contribution in [2.24, 2.45) is 5.92 Å². The van der Waals surface area contributed by atoms with Gasteiger partial charge in [0, 0.05) is 32.6 Å². The monoisotopic (exact) mass is 333 g/mol. The number of anilines is 1. The molecule has 23 heavy (non-hydrogen) atoms. The number of aryl methyl sites for hydroxylation is 1. The highest BCUT2D eigenvalue weighted by molar-refractivity contribution is 7.20. The minimum absolute atomic E-state index is 0.365. The fourth-order valence-corrected chi connectivity index (χ4v) is 4.58. The summed E-state index contributed by atoms with van der Waals surface area (Å²) in [6.45, 7) is 5.91. The van der Waals surface area contributed by atoms with Gasteiger partial charge < -0.3 is 9.80 Å². The van der Waals surface area contributed by atoms with E-state index in [0.717, 1.165) is 61.2 Å². The number of amides is 1. The highest BCUT2D eigenvalue weighted by Gasteiger charge is 2.26. The van der Waals surface area contributed by atoms with Crippen molar-refractivity contribution >= 4 is 27.3 Å². The van der Waals surface area contributed by atoms with Crippen molar-refractivity contribution in [3.05, 3.63) is 11.9 Å². The maximum absolute atomic E-state index is 12.3. The maximum atomic E-state index is 12.3. The Bertz CT molecular complexity index is 663. The van der Waals surface area contributed by atoms with Crippen molar-refractivity contribution in [1.82, 2.24) is 19.5 Å². The molecule has 0 bridgehead atoms. The van der Waals surface area contributed by atoms with E-state index < -0.39 is 0 Å². The zero-order valence-electron chi connectivity index (χ0n) is 13.6. The molecule has 0 spiro atoms. The van der Waals surface area contributed by atoms with Crippen LogP contribution in [0.25, 0.3) is 4.96 Å². The lowest BCUT2D eigenvalue weighted by molar-refractivity contribution is -0.131. The van der Waals surface area contributed by atoms with Crippen molar-refractivity contribution in [1.29, 1.82) is 0 Å². The fourth-order valence-electron chi connectivity index (χ4n) is 3.60. The Labute approximate surface area is 140 Å². The largest absolute Gasteiger partial charge is 0.347 e. The van der Waals surface area contributed by atoms with Gasteiger partial charge in [0.05, 0.1) is 11.9 Å². The van der Waals surface area contributed by atoms with Crippen LogP contribution in [0.1, 0.15) is 37.8 Å². The quantitative estimate of drug-likeness (QED) is 0.865. The molecule has 2 aliphatic heterocycles. The van der Waals surface area contributed by atoms with E-state index in [-0.39, 0.29) is 0 Å². The number of hydrogen-bond acceptors (Lipinski definition) is 5. The Hall–Kier alpha value is -1.63. The number of nitrogens with zero attached hydrogens (tertiary/aromatic N) is 5. The zero-order valence-corrected chi connectivity index (χ0v) is 14.4. The Kier molecular flexibility index (Phi) is 3.97. The summed E-state index contributed by atoms with van der Waals surface area (Å²) in [6, 6.07) is 0. The summed E-state index contributed by atoms with van der Waals surface area (Å²) >= 11 is 1.65. The van der Waals surface area contributed by atoms with E-state index in [1.54, 1.807) is 11.3 Å². The second kappa shape index (κ2) is 6.11. The van der Waals surface area contributed by atoms with Gasteiger partial charge in [-0.25, -0.2) is 9.50 Å². The van der Waals surface area contributed by atoms with Crippen LogP contribution in [0.4, 0.5) is 5.13 Å². The predicted octanol–water partition coefficient (Wildman–Crippen LogP) is 2.33. The number of piperidine rings is 1. The molecule has 0 saturated carbocycles. The first-order chi connectivity index (χ1) is 11.2. The number of rotatable bonds is 3. The first-order valence-electron chi connectivity index (χ1n) is 8.54.